The molecule has 5 heteroatoms. The van der Waals surface area contributed by atoms with E-state index in [4.69, 9.17) is 4.74 Å². The fourth-order valence-electron chi connectivity index (χ4n) is 3.03. The van der Waals surface area contributed by atoms with Crippen molar-refractivity contribution in [3.05, 3.63) is 36.0 Å². The van der Waals surface area contributed by atoms with Gasteiger partial charge in [0.05, 0.1) is 6.10 Å². The summed E-state index contributed by atoms with van der Waals surface area (Å²) in [4.78, 5) is 24.3. The van der Waals surface area contributed by atoms with Gasteiger partial charge in [-0.3, -0.25) is 9.59 Å². The average molecular weight is 314 g/mol. The lowest BCUT2D eigenvalue weighted by Gasteiger charge is -2.11. The zero-order valence-corrected chi connectivity index (χ0v) is 13.4. The number of nitrogens with zero attached hydrogens (tertiary/aromatic N) is 1. The minimum atomic E-state index is -0.0586. The minimum Gasteiger partial charge on any atom is -0.376 e. The molecule has 1 aromatic heterocycles. The first-order valence-electron chi connectivity index (χ1n) is 8.18. The van der Waals surface area contributed by atoms with Gasteiger partial charge in [-0.1, -0.05) is 25.1 Å². The summed E-state index contributed by atoms with van der Waals surface area (Å²) in [6.45, 7) is 3.40. The molecule has 2 aromatic rings. The van der Waals surface area contributed by atoms with Gasteiger partial charge >= 0.3 is 0 Å². The third-order valence-corrected chi connectivity index (χ3v) is 4.27. The number of carbonyl (C=O) groups excluding carboxylic acids is 2. The van der Waals surface area contributed by atoms with Crippen molar-refractivity contribution < 1.29 is 14.3 Å². The molecule has 1 aromatic carbocycles. The molecule has 1 N–H and O–H groups in total. The zero-order chi connectivity index (χ0) is 16.2. The molecule has 1 amide bonds. The first kappa shape index (κ1) is 15.7. The zero-order valence-electron chi connectivity index (χ0n) is 13.4. The predicted molar refractivity (Wildman–Crippen MR) is 88.5 cm³/mol. The highest BCUT2D eigenvalue weighted by molar-refractivity contribution is 6.08. The molecule has 0 saturated carbocycles. The van der Waals surface area contributed by atoms with E-state index in [-0.39, 0.29) is 24.3 Å². The van der Waals surface area contributed by atoms with Crippen molar-refractivity contribution in [2.75, 3.05) is 13.2 Å². The van der Waals surface area contributed by atoms with Crippen molar-refractivity contribution in [1.29, 1.82) is 0 Å². The van der Waals surface area contributed by atoms with Crippen LogP contribution in [0.2, 0.25) is 0 Å². The topological polar surface area (TPSA) is 60.3 Å². The molecule has 0 spiro atoms. The van der Waals surface area contributed by atoms with E-state index in [9.17, 15) is 9.59 Å². The molecule has 5 nitrogen and oxygen atoms in total. The van der Waals surface area contributed by atoms with Crippen molar-refractivity contribution in [2.24, 2.45) is 0 Å². The van der Waals surface area contributed by atoms with Crippen LogP contribution in [0.25, 0.3) is 10.9 Å². The maximum atomic E-state index is 12.2. The molecule has 1 aliphatic heterocycles. The third-order valence-electron chi connectivity index (χ3n) is 4.27. The maximum absolute atomic E-state index is 12.2. The highest BCUT2D eigenvalue weighted by Crippen LogP contribution is 2.22. The maximum Gasteiger partial charge on any atom is 0.240 e. The van der Waals surface area contributed by atoms with Crippen LogP contribution in [0.4, 0.5) is 0 Å². The van der Waals surface area contributed by atoms with Crippen molar-refractivity contribution in [2.45, 2.75) is 38.8 Å². The molecular weight excluding hydrogens is 292 g/mol. The lowest BCUT2D eigenvalue weighted by molar-refractivity contribution is -0.122. The second kappa shape index (κ2) is 6.96. The molecule has 0 unspecified atom stereocenters. The standard InChI is InChI=1S/C18H22N2O3/c1-2-17(21)15-11-20(16-8-4-3-7-14(15)16)12-18(22)19-10-13-6-5-9-23-13/h3-4,7-8,11,13H,2,5-6,9-10,12H2,1H3,(H,19,22)/t13-/m1/s1. The Hall–Kier alpha value is -2.14. The quantitative estimate of drug-likeness (QED) is 0.834. The average Bonchev–Trinajstić information content (AvgIpc) is 3.21. The van der Waals surface area contributed by atoms with Gasteiger partial charge in [-0.25, -0.2) is 0 Å². The van der Waals surface area contributed by atoms with E-state index in [0.29, 0.717) is 18.5 Å². The summed E-state index contributed by atoms with van der Waals surface area (Å²) in [6, 6.07) is 7.70. The van der Waals surface area contributed by atoms with Crippen LogP contribution in [0.15, 0.2) is 30.5 Å². The lowest BCUT2D eigenvalue weighted by atomic mass is 10.1. The predicted octanol–water partition coefficient (Wildman–Crippen LogP) is 2.53. The third kappa shape index (κ3) is 3.45. The summed E-state index contributed by atoms with van der Waals surface area (Å²) in [6.07, 6.45) is 4.45. The second-order valence-corrected chi connectivity index (χ2v) is 5.90. The Bertz CT molecular complexity index is 714. The van der Waals surface area contributed by atoms with Gasteiger partial charge in [0.25, 0.3) is 0 Å². The van der Waals surface area contributed by atoms with Crippen molar-refractivity contribution >= 4 is 22.6 Å². The SMILES string of the molecule is CCC(=O)c1cn(CC(=O)NC[C@H]2CCCO2)c2ccccc12. The largest absolute Gasteiger partial charge is 0.376 e. The summed E-state index contributed by atoms with van der Waals surface area (Å²) < 4.78 is 7.36. The highest BCUT2D eigenvalue weighted by Gasteiger charge is 2.18. The van der Waals surface area contributed by atoms with Gasteiger partial charge in [0.1, 0.15) is 6.54 Å². The summed E-state index contributed by atoms with van der Waals surface area (Å²) in [7, 11) is 0. The number of carbonyl (C=O) groups is 2. The number of hydrogen-bond donors (Lipinski definition) is 1. The molecule has 0 radical (unpaired) electrons. The summed E-state index contributed by atoms with van der Waals surface area (Å²) in [5.41, 5.74) is 1.60. The van der Waals surface area contributed by atoms with Gasteiger partial charge in [-0.05, 0) is 18.9 Å². The van der Waals surface area contributed by atoms with E-state index in [1.807, 2.05) is 35.8 Å². The van der Waals surface area contributed by atoms with Gasteiger partial charge < -0.3 is 14.6 Å². The Kier molecular flexibility index (Phi) is 4.76. The second-order valence-electron chi connectivity index (χ2n) is 5.90. The smallest absolute Gasteiger partial charge is 0.240 e. The van der Waals surface area contributed by atoms with Crippen LogP contribution in [0.5, 0.6) is 0 Å². The number of ketones is 1. The molecule has 2 heterocycles. The van der Waals surface area contributed by atoms with Crippen LogP contribution in [-0.4, -0.2) is 35.5 Å². The number of rotatable bonds is 6. The first-order valence-corrected chi connectivity index (χ1v) is 8.18. The van der Waals surface area contributed by atoms with Crippen molar-refractivity contribution in [3.8, 4) is 0 Å². The number of nitrogens with one attached hydrogen (secondary N) is 1. The summed E-state index contributed by atoms with van der Waals surface area (Å²) in [5.74, 6) is 0.0384. The minimum absolute atomic E-state index is 0.0586. The molecule has 3 rings (SSSR count). The lowest BCUT2D eigenvalue weighted by Crippen LogP contribution is -2.34. The van der Waals surface area contributed by atoms with Crippen molar-refractivity contribution in [3.63, 3.8) is 0 Å². The normalized spacial score (nSPS) is 17.5. The molecule has 1 saturated heterocycles. The van der Waals surface area contributed by atoms with Crippen LogP contribution in [0.1, 0.15) is 36.5 Å². The number of fused-ring (bicyclic) bond motifs is 1. The van der Waals surface area contributed by atoms with E-state index in [1.54, 1.807) is 6.20 Å². The molecule has 1 fully saturated rings. The first-order chi connectivity index (χ1) is 11.2. The van der Waals surface area contributed by atoms with Gasteiger partial charge in [0.2, 0.25) is 5.91 Å². The van der Waals surface area contributed by atoms with Crippen LogP contribution >= 0.6 is 0 Å². The van der Waals surface area contributed by atoms with E-state index < -0.39 is 0 Å². The molecule has 1 aliphatic rings. The van der Waals surface area contributed by atoms with Gasteiger partial charge in [0, 0.05) is 42.2 Å². The van der Waals surface area contributed by atoms with E-state index in [1.165, 1.54) is 0 Å². The highest BCUT2D eigenvalue weighted by atomic mass is 16.5. The van der Waals surface area contributed by atoms with E-state index in [0.717, 1.165) is 30.4 Å². The van der Waals surface area contributed by atoms with Crippen LogP contribution in [0.3, 0.4) is 0 Å². The number of benzene rings is 1. The fourth-order valence-corrected chi connectivity index (χ4v) is 3.03. The number of aromatic nitrogens is 1. The molecule has 0 aliphatic carbocycles. The number of ether oxygens (including phenoxy) is 1. The van der Waals surface area contributed by atoms with Gasteiger partial charge in [-0.15, -0.1) is 0 Å². The molecule has 0 bridgehead atoms. The van der Waals surface area contributed by atoms with Crippen LogP contribution in [-0.2, 0) is 16.1 Å². The Morgan fingerprint density at radius 1 is 1.35 bits per heavy atom. The van der Waals surface area contributed by atoms with E-state index >= 15 is 0 Å². The molecular formula is C18H22N2O3. The molecule has 1 atom stereocenters. The molecule has 122 valence electrons. The fraction of sp³-hybridized carbons (Fsp3) is 0.444. The summed E-state index contributed by atoms with van der Waals surface area (Å²) in [5, 5.41) is 3.83. The Balaban J connectivity index is 1.74. The Morgan fingerprint density at radius 2 is 2.17 bits per heavy atom. The van der Waals surface area contributed by atoms with Crippen LogP contribution in [0, 0.1) is 0 Å². The van der Waals surface area contributed by atoms with Crippen LogP contribution < -0.4 is 5.32 Å². The van der Waals surface area contributed by atoms with Gasteiger partial charge in [-0.2, -0.15) is 0 Å². The number of para-hydroxylation sites is 1. The Labute approximate surface area is 135 Å². The van der Waals surface area contributed by atoms with E-state index in [2.05, 4.69) is 5.32 Å². The Morgan fingerprint density at radius 3 is 2.91 bits per heavy atom. The monoisotopic (exact) mass is 314 g/mol. The van der Waals surface area contributed by atoms with Gasteiger partial charge in [0.15, 0.2) is 5.78 Å². The molecule has 23 heavy (non-hydrogen) atoms. The number of amides is 1. The number of Topliss-reactive ketones (excluding diaryl/α,β-unsaturated/α-hetero) is 1. The van der Waals surface area contributed by atoms with Crippen molar-refractivity contribution in [1.82, 2.24) is 9.88 Å². The number of hydrogen-bond acceptors (Lipinski definition) is 3. The summed E-state index contributed by atoms with van der Waals surface area (Å²) >= 11 is 0.